The van der Waals surface area contributed by atoms with E-state index in [0.717, 1.165) is 0 Å². The van der Waals surface area contributed by atoms with Gasteiger partial charge in [-0.1, -0.05) is 0 Å². The van der Waals surface area contributed by atoms with Crippen LogP contribution in [0.4, 0.5) is 0 Å². The van der Waals surface area contributed by atoms with Crippen molar-refractivity contribution in [2.75, 3.05) is 6.67 Å². The van der Waals surface area contributed by atoms with E-state index in [0.29, 0.717) is 6.67 Å². The van der Waals surface area contributed by atoms with Crippen LogP contribution in [0.3, 0.4) is 0 Å². The van der Waals surface area contributed by atoms with E-state index in [1.54, 1.807) is 0 Å². The van der Waals surface area contributed by atoms with Crippen molar-refractivity contribution in [2.45, 2.75) is 0 Å². The highest BCUT2D eigenvalue weighted by atomic mass is 35.5. The van der Waals surface area contributed by atoms with E-state index in [1.165, 1.54) is 17.1 Å². The lowest BCUT2D eigenvalue weighted by Gasteiger charge is -2.05. The standard InChI is InChI=1S/C3H4ClN3/c4-7-2-5-1-6-3-7/h1-2H,3H2. The fourth-order valence-corrected chi connectivity index (χ4v) is 0.412. The molecule has 3 nitrogen and oxygen atoms in total. The average molecular weight is 118 g/mol. The summed E-state index contributed by atoms with van der Waals surface area (Å²) in [6, 6.07) is 0. The maximum Gasteiger partial charge on any atom is 0.128 e. The molecular weight excluding hydrogens is 114 g/mol. The van der Waals surface area contributed by atoms with Gasteiger partial charge in [0.05, 0.1) is 0 Å². The maximum absolute atomic E-state index is 5.39. The van der Waals surface area contributed by atoms with Gasteiger partial charge in [0, 0.05) is 11.8 Å². The van der Waals surface area contributed by atoms with Crippen LogP contribution in [-0.4, -0.2) is 23.8 Å². The third-order valence-corrected chi connectivity index (χ3v) is 0.751. The summed E-state index contributed by atoms with van der Waals surface area (Å²) in [5.74, 6) is 0. The summed E-state index contributed by atoms with van der Waals surface area (Å²) in [4.78, 5) is 7.36. The second-order valence-corrected chi connectivity index (χ2v) is 1.54. The second-order valence-electron chi connectivity index (χ2n) is 1.10. The van der Waals surface area contributed by atoms with E-state index < -0.39 is 0 Å². The van der Waals surface area contributed by atoms with Crippen LogP contribution in [0, 0.1) is 0 Å². The molecule has 0 aromatic rings. The molecule has 0 aromatic heterocycles. The first-order valence-electron chi connectivity index (χ1n) is 1.83. The molecule has 0 aromatic carbocycles. The van der Waals surface area contributed by atoms with E-state index in [9.17, 15) is 0 Å². The molecule has 1 heterocycles. The molecule has 0 amide bonds. The Morgan fingerprint density at radius 3 is 2.86 bits per heavy atom. The van der Waals surface area contributed by atoms with E-state index in [4.69, 9.17) is 11.8 Å². The third-order valence-electron chi connectivity index (χ3n) is 0.557. The molecule has 0 fully saturated rings. The first kappa shape index (κ1) is 4.59. The molecule has 38 valence electrons. The predicted octanol–water partition coefficient (Wildman–Crippen LogP) is 0.470. The van der Waals surface area contributed by atoms with Gasteiger partial charge in [0.1, 0.15) is 19.3 Å². The van der Waals surface area contributed by atoms with Crippen molar-refractivity contribution >= 4 is 24.5 Å². The van der Waals surface area contributed by atoms with Crippen molar-refractivity contribution in [3.8, 4) is 0 Å². The summed E-state index contributed by atoms with van der Waals surface area (Å²) in [5, 5.41) is 0. The smallest absolute Gasteiger partial charge is 0.128 e. The zero-order chi connectivity index (χ0) is 5.11. The van der Waals surface area contributed by atoms with Gasteiger partial charge in [-0.05, 0) is 0 Å². The number of nitrogens with zero attached hydrogens (tertiary/aromatic N) is 3. The zero-order valence-electron chi connectivity index (χ0n) is 3.58. The number of hydrogen-bond acceptors (Lipinski definition) is 3. The largest absolute Gasteiger partial charge is 0.254 e. The van der Waals surface area contributed by atoms with Crippen molar-refractivity contribution in [3.63, 3.8) is 0 Å². The van der Waals surface area contributed by atoms with Crippen molar-refractivity contribution < 1.29 is 0 Å². The molecule has 0 radical (unpaired) electrons. The predicted molar refractivity (Wildman–Crippen MR) is 29.5 cm³/mol. The molecule has 0 atom stereocenters. The summed E-state index contributed by atoms with van der Waals surface area (Å²) in [6.07, 6.45) is 2.98. The molecular formula is C3H4ClN3. The Morgan fingerprint density at radius 1 is 1.71 bits per heavy atom. The third kappa shape index (κ3) is 1.16. The van der Waals surface area contributed by atoms with Gasteiger partial charge in [0.25, 0.3) is 0 Å². The van der Waals surface area contributed by atoms with Crippen LogP contribution in [-0.2, 0) is 0 Å². The highest BCUT2D eigenvalue weighted by Gasteiger charge is 1.91. The number of aliphatic imine (C=N–C) groups is 2. The maximum atomic E-state index is 5.39. The fourth-order valence-electron chi connectivity index (χ4n) is 0.300. The van der Waals surface area contributed by atoms with Gasteiger partial charge in [-0.3, -0.25) is 9.41 Å². The zero-order valence-corrected chi connectivity index (χ0v) is 4.34. The second kappa shape index (κ2) is 1.93. The molecule has 7 heavy (non-hydrogen) atoms. The minimum Gasteiger partial charge on any atom is -0.254 e. The van der Waals surface area contributed by atoms with E-state index >= 15 is 0 Å². The quantitative estimate of drug-likeness (QED) is 0.424. The topological polar surface area (TPSA) is 28.0 Å². The molecule has 1 aliphatic heterocycles. The lowest BCUT2D eigenvalue weighted by molar-refractivity contribution is 0.687. The Kier molecular flexibility index (Phi) is 1.26. The van der Waals surface area contributed by atoms with Crippen LogP contribution in [0.1, 0.15) is 0 Å². The average Bonchev–Trinajstić information content (AvgIpc) is 1.69. The molecule has 4 heteroatoms. The van der Waals surface area contributed by atoms with Crippen LogP contribution < -0.4 is 0 Å². The highest BCUT2D eigenvalue weighted by Crippen LogP contribution is 1.91. The molecule has 0 saturated carbocycles. The molecule has 0 bridgehead atoms. The molecule has 0 spiro atoms. The Morgan fingerprint density at radius 2 is 2.57 bits per heavy atom. The number of halogens is 1. The van der Waals surface area contributed by atoms with Gasteiger partial charge < -0.3 is 0 Å². The summed E-state index contributed by atoms with van der Waals surface area (Å²) in [7, 11) is 0. The Bertz CT molecular complexity index is 109. The van der Waals surface area contributed by atoms with Crippen molar-refractivity contribution in [3.05, 3.63) is 0 Å². The molecule has 1 rings (SSSR count). The van der Waals surface area contributed by atoms with Gasteiger partial charge in [0.15, 0.2) is 0 Å². The van der Waals surface area contributed by atoms with Crippen LogP contribution in [0.5, 0.6) is 0 Å². The SMILES string of the molecule is ClN1C=NC=NC1. The van der Waals surface area contributed by atoms with Crippen LogP contribution in [0.2, 0.25) is 0 Å². The summed E-state index contributed by atoms with van der Waals surface area (Å²) in [5.41, 5.74) is 0. The van der Waals surface area contributed by atoms with Crippen molar-refractivity contribution in [2.24, 2.45) is 9.98 Å². The molecule has 0 aliphatic carbocycles. The Labute approximate surface area is 46.4 Å². The fraction of sp³-hybridized carbons (Fsp3) is 0.333. The minimum atomic E-state index is 0.505. The lowest BCUT2D eigenvalue weighted by atomic mass is 10.9. The van der Waals surface area contributed by atoms with Gasteiger partial charge in [0.2, 0.25) is 0 Å². The summed E-state index contributed by atoms with van der Waals surface area (Å²) in [6.45, 7) is 0.505. The van der Waals surface area contributed by atoms with Gasteiger partial charge in [-0.15, -0.1) is 0 Å². The van der Waals surface area contributed by atoms with Crippen molar-refractivity contribution in [1.29, 1.82) is 0 Å². The summed E-state index contributed by atoms with van der Waals surface area (Å²) >= 11 is 5.39. The van der Waals surface area contributed by atoms with Crippen LogP contribution >= 0.6 is 11.8 Å². The summed E-state index contributed by atoms with van der Waals surface area (Å²) < 4.78 is 1.38. The van der Waals surface area contributed by atoms with E-state index in [2.05, 4.69) is 9.98 Å². The molecule has 1 aliphatic rings. The molecule has 0 saturated heterocycles. The number of rotatable bonds is 0. The Balaban J connectivity index is 2.49. The molecule has 0 N–H and O–H groups in total. The highest BCUT2D eigenvalue weighted by molar-refractivity contribution is 6.19. The minimum absolute atomic E-state index is 0.505. The van der Waals surface area contributed by atoms with Crippen molar-refractivity contribution in [1.82, 2.24) is 4.42 Å². The normalized spacial score (nSPS) is 18.1. The Hall–Kier alpha value is -0.570. The van der Waals surface area contributed by atoms with E-state index in [1.807, 2.05) is 0 Å². The van der Waals surface area contributed by atoms with Crippen LogP contribution in [0.15, 0.2) is 9.98 Å². The first-order chi connectivity index (χ1) is 3.39. The van der Waals surface area contributed by atoms with Gasteiger partial charge in [-0.25, -0.2) is 4.99 Å². The van der Waals surface area contributed by atoms with Gasteiger partial charge >= 0.3 is 0 Å². The molecule has 0 unspecified atom stereocenters. The lowest BCUT2D eigenvalue weighted by Crippen LogP contribution is -2.12. The monoisotopic (exact) mass is 117 g/mol. The number of hydrogen-bond donors (Lipinski definition) is 0. The van der Waals surface area contributed by atoms with Gasteiger partial charge in [-0.2, -0.15) is 0 Å². The van der Waals surface area contributed by atoms with E-state index in [-0.39, 0.29) is 0 Å². The first-order valence-corrected chi connectivity index (χ1v) is 2.17. The van der Waals surface area contributed by atoms with Crippen LogP contribution in [0.25, 0.3) is 0 Å².